The summed E-state index contributed by atoms with van der Waals surface area (Å²) in [5.74, 6) is 0.561. The van der Waals surface area contributed by atoms with E-state index in [2.05, 4.69) is 27.9 Å². The summed E-state index contributed by atoms with van der Waals surface area (Å²) in [5, 5.41) is 3.69. The monoisotopic (exact) mass is 484 g/mol. The normalized spacial score (nSPS) is 17.8. The van der Waals surface area contributed by atoms with E-state index in [1.54, 1.807) is 6.92 Å². The van der Waals surface area contributed by atoms with Crippen molar-refractivity contribution in [1.82, 2.24) is 19.4 Å². The van der Waals surface area contributed by atoms with E-state index in [1.165, 1.54) is 11.9 Å². The second-order valence-corrected chi connectivity index (χ2v) is 9.79. The van der Waals surface area contributed by atoms with Gasteiger partial charge in [-0.05, 0) is 62.3 Å². The molecule has 1 aliphatic carbocycles. The molecule has 186 valence electrons. The standard InChI is InChI=1S/C28H32N6O2/c1-17(2)27(35)32-21-12-10-19(11-13-21)24-22(23-25(29)30-16-31-26(23)33(24)3)18-6-8-20(9-7-18)28(36)34-14-4-5-15-34/h6,10-13,16,20H,1,4-5,7-9,14-15H2,2-3H3,(H,32,35)(H2,29,30,31)/t20-/m1/s1. The lowest BCUT2D eigenvalue weighted by molar-refractivity contribution is -0.134. The van der Waals surface area contributed by atoms with E-state index < -0.39 is 0 Å². The number of carbonyl (C=O) groups is 2. The molecule has 0 saturated carbocycles. The van der Waals surface area contributed by atoms with Crippen molar-refractivity contribution in [2.45, 2.75) is 39.0 Å². The second kappa shape index (κ2) is 9.60. The van der Waals surface area contributed by atoms with Gasteiger partial charge in [0, 0.05) is 42.9 Å². The Kier molecular flexibility index (Phi) is 6.35. The first kappa shape index (κ1) is 23.8. The van der Waals surface area contributed by atoms with Crippen LogP contribution in [-0.4, -0.2) is 44.3 Å². The molecule has 3 aromatic rings. The number of hydrogen-bond donors (Lipinski definition) is 2. The predicted molar refractivity (Wildman–Crippen MR) is 143 cm³/mol. The summed E-state index contributed by atoms with van der Waals surface area (Å²) in [6, 6.07) is 7.73. The van der Waals surface area contributed by atoms with E-state index in [4.69, 9.17) is 5.73 Å². The Labute approximate surface area is 210 Å². The van der Waals surface area contributed by atoms with Crippen LogP contribution in [0.4, 0.5) is 11.5 Å². The molecule has 0 bridgehead atoms. The van der Waals surface area contributed by atoms with E-state index in [9.17, 15) is 9.59 Å². The largest absolute Gasteiger partial charge is 0.383 e. The maximum Gasteiger partial charge on any atom is 0.250 e. The number of carbonyl (C=O) groups excluding carboxylic acids is 2. The van der Waals surface area contributed by atoms with Crippen LogP contribution in [0.25, 0.3) is 27.9 Å². The van der Waals surface area contributed by atoms with Crippen molar-refractivity contribution in [3.63, 3.8) is 0 Å². The number of hydrogen-bond acceptors (Lipinski definition) is 5. The number of nitrogens with two attached hydrogens (primary N) is 1. The van der Waals surface area contributed by atoms with E-state index >= 15 is 0 Å². The number of likely N-dealkylation sites (tertiary alicyclic amines) is 1. The van der Waals surface area contributed by atoms with E-state index in [1.807, 2.05) is 40.8 Å². The maximum atomic E-state index is 13.0. The molecule has 3 heterocycles. The zero-order chi connectivity index (χ0) is 25.4. The van der Waals surface area contributed by atoms with Crippen molar-refractivity contribution < 1.29 is 9.59 Å². The quantitative estimate of drug-likeness (QED) is 0.517. The Morgan fingerprint density at radius 3 is 2.50 bits per heavy atom. The van der Waals surface area contributed by atoms with Crippen molar-refractivity contribution in [3.05, 3.63) is 54.4 Å². The van der Waals surface area contributed by atoms with Crippen LogP contribution in [0.1, 0.15) is 44.6 Å². The number of amides is 2. The first-order valence-corrected chi connectivity index (χ1v) is 12.5. The van der Waals surface area contributed by atoms with Gasteiger partial charge in [0.25, 0.3) is 5.91 Å². The first-order valence-electron chi connectivity index (χ1n) is 12.5. The molecular weight excluding hydrogens is 452 g/mol. The fraction of sp³-hybridized carbons (Fsp3) is 0.357. The van der Waals surface area contributed by atoms with Gasteiger partial charge in [-0.15, -0.1) is 0 Å². The average molecular weight is 485 g/mol. The van der Waals surface area contributed by atoms with Crippen molar-refractivity contribution in [2.24, 2.45) is 13.0 Å². The van der Waals surface area contributed by atoms with Crippen molar-refractivity contribution in [1.29, 1.82) is 0 Å². The van der Waals surface area contributed by atoms with Gasteiger partial charge in [0.05, 0.1) is 11.1 Å². The number of allylic oxidation sites excluding steroid dienone is 2. The molecule has 2 aromatic heterocycles. The molecule has 1 fully saturated rings. The third kappa shape index (κ3) is 4.27. The zero-order valence-corrected chi connectivity index (χ0v) is 20.9. The lowest BCUT2D eigenvalue weighted by Gasteiger charge is -2.26. The van der Waals surface area contributed by atoms with Crippen LogP contribution in [0.3, 0.4) is 0 Å². The van der Waals surface area contributed by atoms with Gasteiger partial charge >= 0.3 is 0 Å². The summed E-state index contributed by atoms with van der Waals surface area (Å²) in [7, 11) is 1.98. The molecule has 0 spiro atoms. The molecule has 8 nitrogen and oxygen atoms in total. The van der Waals surface area contributed by atoms with Crippen LogP contribution < -0.4 is 11.1 Å². The smallest absolute Gasteiger partial charge is 0.250 e. The molecule has 8 heteroatoms. The molecule has 1 atom stereocenters. The first-order chi connectivity index (χ1) is 17.3. The summed E-state index contributed by atoms with van der Waals surface area (Å²) in [5.41, 5.74) is 12.5. The molecule has 1 aromatic carbocycles. The Balaban J connectivity index is 1.53. The lowest BCUT2D eigenvalue weighted by Crippen LogP contribution is -2.34. The third-order valence-corrected chi connectivity index (χ3v) is 7.30. The van der Waals surface area contributed by atoms with Gasteiger partial charge in [0.15, 0.2) is 0 Å². The number of benzene rings is 1. The molecule has 0 radical (unpaired) electrons. The highest BCUT2D eigenvalue weighted by molar-refractivity contribution is 6.05. The maximum absolute atomic E-state index is 13.0. The molecule has 2 aliphatic rings. The van der Waals surface area contributed by atoms with E-state index in [-0.39, 0.29) is 17.7 Å². The van der Waals surface area contributed by atoms with Gasteiger partial charge < -0.3 is 20.5 Å². The molecular formula is C28H32N6O2. The molecule has 1 aliphatic heterocycles. The minimum Gasteiger partial charge on any atom is -0.383 e. The number of nitrogens with zero attached hydrogens (tertiary/aromatic N) is 4. The molecule has 5 rings (SSSR count). The number of nitrogens with one attached hydrogen (secondary N) is 1. The highest BCUT2D eigenvalue weighted by atomic mass is 16.2. The Bertz CT molecular complexity index is 1380. The fourth-order valence-electron chi connectivity index (χ4n) is 5.36. The molecule has 0 unspecified atom stereocenters. The lowest BCUT2D eigenvalue weighted by atomic mass is 9.84. The molecule has 2 amide bonds. The van der Waals surface area contributed by atoms with Crippen LogP contribution in [0.5, 0.6) is 0 Å². The molecule has 3 N–H and O–H groups in total. The topological polar surface area (TPSA) is 106 Å². The number of aromatic nitrogens is 3. The van der Waals surface area contributed by atoms with Crippen molar-refractivity contribution in [3.8, 4) is 11.3 Å². The fourth-order valence-corrected chi connectivity index (χ4v) is 5.36. The summed E-state index contributed by atoms with van der Waals surface area (Å²) in [6.45, 7) is 7.14. The van der Waals surface area contributed by atoms with Crippen LogP contribution in [0.2, 0.25) is 0 Å². The van der Waals surface area contributed by atoms with Gasteiger partial charge in [-0.2, -0.15) is 0 Å². The second-order valence-electron chi connectivity index (χ2n) is 9.79. The minimum absolute atomic E-state index is 0.0371. The van der Waals surface area contributed by atoms with Crippen molar-refractivity contribution >= 4 is 39.9 Å². The van der Waals surface area contributed by atoms with Crippen LogP contribution in [0.15, 0.2) is 48.8 Å². The number of nitrogen functional groups attached to an aromatic ring is 1. The van der Waals surface area contributed by atoms with Crippen LogP contribution >= 0.6 is 0 Å². The Morgan fingerprint density at radius 1 is 1.14 bits per heavy atom. The average Bonchev–Trinajstić information content (AvgIpc) is 3.52. The van der Waals surface area contributed by atoms with Gasteiger partial charge in [-0.25, -0.2) is 9.97 Å². The number of fused-ring (bicyclic) bond motifs is 1. The molecule has 1 saturated heterocycles. The SMILES string of the molecule is C=C(C)C(=O)Nc1ccc(-c2c(C3=CC[C@@H](C(=O)N4CCCC4)CC3)c3c(N)ncnc3n2C)cc1. The predicted octanol–water partition coefficient (Wildman–Crippen LogP) is 4.54. The van der Waals surface area contributed by atoms with Gasteiger partial charge in [0.1, 0.15) is 17.8 Å². The van der Waals surface area contributed by atoms with Gasteiger partial charge in [-0.3, -0.25) is 9.59 Å². The van der Waals surface area contributed by atoms with Crippen molar-refractivity contribution in [2.75, 3.05) is 24.1 Å². The summed E-state index contributed by atoms with van der Waals surface area (Å²) >= 11 is 0. The van der Waals surface area contributed by atoms with E-state index in [0.29, 0.717) is 17.1 Å². The summed E-state index contributed by atoms with van der Waals surface area (Å²) < 4.78 is 2.05. The Hall–Kier alpha value is -3.94. The Morgan fingerprint density at radius 2 is 1.86 bits per heavy atom. The van der Waals surface area contributed by atoms with E-state index in [0.717, 1.165) is 73.0 Å². The van der Waals surface area contributed by atoms with Crippen LogP contribution in [-0.2, 0) is 16.6 Å². The third-order valence-electron chi connectivity index (χ3n) is 7.30. The number of rotatable bonds is 5. The number of anilines is 2. The molecule has 36 heavy (non-hydrogen) atoms. The van der Waals surface area contributed by atoms with Gasteiger partial charge in [-0.1, -0.05) is 24.8 Å². The summed E-state index contributed by atoms with van der Waals surface area (Å²) in [6.07, 6.45) is 8.23. The van der Waals surface area contributed by atoms with Gasteiger partial charge in [0.2, 0.25) is 5.91 Å². The zero-order valence-electron chi connectivity index (χ0n) is 20.9. The highest BCUT2D eigenvalue weighted by Crippen LogP contribution is 2.43. The highest BCUT2D eigenvalue weighted by Gasteiger charge is 2.30. The minimum atomic E-state index is -0.207. The number of aryl methyl sites for hydroxylation is 1. The summed E-state index contributed by atoms with van der Waals surface area (Å²) in [4.78, 5) is 35.8. The van der Waals surface area contributed by atoms with Crippen LogP contribution in [0, 0.1) is 5.92 Å².